The SMILES string of the molecule is CC1OCCC1(C)NC1=NCCCC1. The fraction of sp³-hybridized carbons (Fsp3) is 0.909. The van der Waals surface area contributed by atoms with Gasteiger partial charge in [-0.25, -0.2) is 0 Å². The summed E-state index contributed by atoms with van der Waals surface area (Å²) in [6, 6.07) is 0. The van der Waals surface area contributed by atoms with E-state index in [0.29, 0.717) is 6.10 Å². The van der Waals surface area contributed by atoms with Crippen LogP contribution in [-0.4, -0.2) is 30.6 Å². The van der Waals surface area contributed by atoms with Gasteiger partial charge >= 0.3 is 0 Å². The molecular formula is C11H20N2O. The van der Waals surface area contributed by atoms with Crippen LogP contribution < -0.4 is 5.32 Å². The standard InChI is InChI=1S/C11H20N2O/c1-9-11(2,6-8-14-9)13-10-5-3-4-7-12-10/h9H,3-8H2,1-2H3,(H,12,13). The molecule has 0 aromatic carbocycles. The van der Waals surface area contributed by atoms with Crippen molar-refractivity contribution >= 4 is 5.84 Å². The molecule has 0 aromatic heterocycles. The summed E-state index contributed by atoms with van der Waals surface area (Å²) in [6.45, 7) is 6.25. The lowest BCUT2D eigenvalue weighted by atomic mass is 9.94. The zero-order valence-electron chi connectivity index (χ0n) is 9.18. The zero-order chi connectivity index (χ0) is 10.0. The fourth-order valence-electron chi connectivity index (χ4n) is 2.13. The lowest BCUT2D eigenvalue weighted by Gasteiger charge is -2.31. The molecule has 0 radical (unpaired) electrons. The number of hydrogen-bond acceptors (Lipinski definition) is 3. The van der Waals surface area contributed by atoms with E-state index >= 15 is 0 Å². The molecular weight excluding hydrogens is 176 g/mol. The molecule has 2 aliphatic heterocycles. The summed E-state index contributed by atoms with van der Waals surface area (Å²) in [7, 11) is 0. The molecule has 1 saturated heterocycles. The highest BCUT2D eigenvalue weighted by atomic mass is 16.5. The molecule has 2 aliphatic rings. The Morgan fingerprint density at radius 1 is 1.50 bits per heavy atom. The number of rotatable bonds is 1. The highest BCUT2D eigenvalue weighted by Crippen LogP contribution is 2.25. The molecule has 1 fully saturated rings. The van der Waals surface area contributed by atoms with E-state index in [1.54, 1.807) is 0 Å². The Kier molecular flexibility index (Phi) is 2.77. The van der Waals surface area contributed by atoms with Crippen molar-refractivity contribution in [3.63, 3.8) is 0 Å². The van der Waals surface area contributed by atoms with Gasteiger partial charge in [0, 0.05) is 19.6 Å². The molecule has 2 unspecified atom stereocenters. The normalized spacial score (nSPS) is 38.1. The van der Waals surface area contributed by atoms with Crippen molar-refractivity contribution in [2.45, 2.75) is 51.2 Å². The minimum absolute atomic E-state index is 0.107. The van der Waals surface area contributed by atoms with E-state index in [4.69, 9.17) is 4.74 Å². The largest absolute Gasteiger partial charge is 0.376 e. The molecule has 0 amide bonds. The van der Waals surface area contributed by atoms with Gasteiger partial charge in [-0.05, 0) is 33.1 Å². The van der Waals surface area contributed by atoms with Crippen LogP contribution >= 0.6 is 0 Å². The first kappa shape index (κ1) is 9.97. The first-order valence-corrected chi connectivity index (χ1v) is 5.64. The van der Waals surface area contributed by atoms with Gasteiger partial charge in [0.15, 0.2) is 0 Å². The average Bonchev–Trinajstić information content (AvgIpc) is 2.48. The van der Waals surface area contributed by atoms with Crippen molar-refractivity contribution in [2.75, 3.05) is 13.2 Å². The second-order valence-electron chi connectivity index (χ2n) is 4.59. The van der Waals surface area contributed by atoms with Crippen LogP contribution in [0, 0.1) is 0 Å². The Balaban J connectivity index is 1.98. The van der Waals surface area contributed by atoms with E-state index in [9.17, 15) is 0 Å². The first-order chi connectivity index (χ1) is 6.71. The van der Waals surface area contributed by atoms with E-state index in [1.807, 2.05) is 0 Å². The number of nitrogens with one attached hydrogen (secondary N) is 1. The lowest BCUT2D eigenvalue weighted by Crippen LogP contribution is -2.51. The average molecular weight is 196 g/mol. The predicted octanol–water partition coefficient (Wildman–Crippen LogP) is 1.73. The van der Waals surface area contributed by atoms with Gasteiger partial charge in [-0.3, -0.25) is 4.99 Å². The maximum absolute atomic E-state index is 5.59. The third-order valence-electron chi connectivity index (χ3n) is 3.44. The van der Waals surface area contributed by atoms with Crippen LogP contribution in [0.5, 0.6) is 0 Å². The van der Waals surface area contributed by atoms with Crippen molar-refractivity contribution in [2.24, 2.45) is 4.99 Å². The molecule has 0 spiro atoms. The monoisotopic (exact) mass is 196 g/mol. The van der Waals surface area contributed by atoms with Gasteiger partial charge in [0.25, 0.3) is 0 Å². The lowest BCUT2D eigenvalue weighted by molar-refractivity contribution is 0.0945. The summed E-state index contributed by atoms with van der Waals surface area (Å²) in [5, 5.41) is 3.57. The van der Waals surface area contributed by atoms with Gasteiger partial charge in [0.05, 0.1) is 17.5 Å². The maximum Gasteiger partial charge on any atom is 0.0968 e. The van der Waals surface area contributed by atoms with E-state index < -0.39 is 0 Å². The molecule has 0 bridgehead atoms. The first-order valence-electron chi connectivity index (χ1n) is 5.64. The van der Waals surface area contributed by atoms with Gasteiger partial charge < -0.3 is 10.1 Å². The number of hydrogen-bond donors (Lipinski definition) is 1. The summed E-state index contributed by atoms with van der Waals surface area (Å²) in [5.74, 6) is 1.19. The Bertz CT molecular complexity index is 239. The van der Waals surface area contributed by atoms with Crippen LogP contribution in [-0.2, 0) is 4.74 Å². The highest BCUT2D eigenvalue weighted by molar-refractivity contribution is 5.83. The van der Waals surface area contributed by atoms with Gasteiger partial charge in [-0.15, -0.1) is 0 Å². The molecule has 1 N–H and O–H groups in total. The van der Waals surface area contributed by atoms with Crippen LogP contribution in [0.25, 0.3) is 0 Å². The molecule has 0 saturated carbocycles. The molecule has 2 rings (SSSR count). The van der Waals surface area contributed by atoms with Crippen LogP contribution in [0.3, 0.4) is 0 Å². The second-order valence-corrected chi connectivity index (χ2v) is 4.59. The summed E-state index contributed by atoms with van der Waals surface area (Å²) in [6.07, 6.45) is 5.02. The molecule has 14 heavy (non-hydrogen) atoms. The molecule has 0 aliphatic carbocycles. The molecule has 3 heteroatoms. The zero-order valence-corrected chi connectivity index (χ0v) is 9.18. The quantitative estimate of drug-likeness (QED) is 0.693. The van der Waals surface area contributed by atoms with Gasteiger partial charge in [0.1, 0.15) is 0 Å². The summed E-state index contributed by atoms with van der Waals surface area (Å²) >= 11 is 0. The Hall–Kier alpha value is -0.570. The maximum atomic E-state index is 5.59. The third-order valence-corrected chi connectivity index (χ3v) is 3.44. The van der Waals surface area contributed by atoms with Crippen molar-refractivity contribution in [3.8, 4) is 0 Å². The van der Waals surface area contributed by atoms with Crippen LogP contribution in [0.2, 0.25) is 0 Å². The summed E-state index contributed by atoms with van der Waals surface area (Å²) in [5.41, 5.74) is 0.107. The van der Waals surface area contributed by atoms with E-state index in [0.717, 1.165) is 26.0 Å². The number of ether oxygens (including phenoxy) is 1. The van der Waals surface area contributed by atoms with Crippen LogP contribution in [0.1, 0.15) is 39.5 Å². The molecule has 0 aromatic rings. The number of nitrogens with zero attached hydrogens (tertiary/aromatic N) is 1. The van der Waals surface area contributed by atoms with Gasteiger partial charge in [-0.2, -0.15) is 0 Å². The van der Waals surface area contributed by atoms with E-state index in [1.165, 1.54) is 18.7 Å². The van der Waals surface area contributed by atoms with E-state index in [2.05, 4.69) is 24.2 Å². The van der Waals surface area contributed by atoms with Gasteiger partial charge in [-0.1, -0.05) is 0 Å². The second kappa shape index (κ2) is 3.89. The third kappa shape index (κ3) is 1.92. The van der Waals surface area contributed by atoms with Crippen molar-refractivity contribution in [3.05, 3.63) is 0 Å². The topological polar surface area (TPSA) is 33.6 Å². The van der Waals surface area contributed by atoms with Crippen molar-refractivity contribution < 1.29 is 4.74 Å². The predicted molar refractivity (Wildman–Crippen MR) is 57.7 cm³/mol. The summed E-state index contributed by atoms with van der Waals surface area (Å²) < 4.78 is 5.59. The molecule has 3 nitrogen and oxygen atoms in total. The van der Waals surface area contributed by atoms with Gasteiger partial charge in [0.2, 0.25) is 0 Å². The minimum Gasteiger partial charge on any atom is -0.376 e. The van der Waals surface area contributed by atoms with E-state index in [-0.39, 0.29) is 5.54 Å². The molecule has 80 valence electrons. The minimum atomic E-state index is 0.107. The Labute approximate surface area is 85.9 Å². The van der Waals surface area contributed by atoms with Crippen LogP contribution in [0.15, 0.2) is 4.99 Å². The van der Waals surface area contributed by atoms with Crippen LogP contribution in [0.4, 0.5) is 0 Å². The van der Waals surface area contributed by atoms with Crippen molar-refractivity contribution in [1.29, 1.82) is 0 Å². The number of aliphatic imine (C=N–C) groups is 1. The Morgan fingerprint density at radius 3 is 2.93 bits per heavy atom. The molecule has 2 atom stereocenters. The smallest absolute Gasteiger partial charge is 0.0968 e. The van der Waals surface area contributed by atoms with Crippen molar-refractivity contribution in [1.82, 2.24) is 5.32 Å². The molecule has 2 heterocycles. The summed E-state index contributed by atoms with van der Waals surface area (Å²) in [4.78, 5) is 4.52. The fourth-order valence-corrected chi connectivity index (χ4v) is 2.13. The number of amidine groups is 1. The highest BCUT2D eigenvalue weighted by Gasteiger charge is 2.37. The Morgan fingerprint density at radius 2 is 2.36 bits per heavy atom.